The number of likely N-dealkylation sites (tertiary alicyclic amines) is 1. The average Bonchev–Trinajstić information content (AvgIpc) is 3.15. The van der Waals surface area contributed by atoms with Gasteiger partial charge in [-0.2, -0.15) is 13.2 Å². The van der Waals surface area contributed by atoms with Gasteiger partial charge in [0.1, 0.15) is 0 Å². The molecule has 144 valence electrons. The summed E-state index contributed by atoms with van der Waals surface area (Å²) in [4.78, 5) is 18.2. The lowest BCUT2D eigenvalue weighted by atomic mass is 10.1. The lowest BCUT2D eigenvalue weighted by molar-refractivity contribution is -0.154. The Balaban J connectivity index is 1.62. The van der Waals surface area contributed by atoms with Crippen molar-refractivity contribution in [2.75, 3.05) is 13.2 Å². The molecular weight excluding hydrogens is 359 g/mol. The number of ether oxygens (including phenoxy) is 1. The molecule has 3 rings (SSSR count). The first-order valence-electron chi connectivity index (χ1n) is 8.67. The van der Waals surface area contributed by atoms with E-state index in [0.717, 1.165) is 18.4 Å². The molecule has 1 aliphatic rings. The monoisotopic (exact) mass is 379 g/mol. The van der Waals surface area contributed by atoms with Gasteiger partial charge in [-0.3, -0.25) is 0 Å². The van der Waals surface area contributed by atoms with Crippen molar-refractivity contribution in [3.8, 4) is 5.88 Å². The molecule has 1 saturated heterocycles. The average molecular weight is 379 g/mol. The van der Waals surface area contributed by atoms with E-state index in [4.69, 9.17) is 4.74 Å². The minimum Gasteiger partial charge on any atom is -0.468 e. The number of carbonyl (C=O) groups is 1. The largest absolute Gasteiger partial charge is 0.468 e. The number of urea groups is 1. The van der Waals surface area contributed by atoms with Crippen molar-refractivity contribution in [2.24, 2.45) is 0 Å². The zero-order chi connectivity index (χ0) is 19.3. The third kappa shape index (κ3) is 5.12. The number of amides is 2. The number of carbonyl (C=O) groups excluding carboxylic acids is 1. The molecule has 0 unspecified atom stereocenters. The van der Waals surface area contributed by atoms with Crippen molar-refractivity contribution in [1.82, 2.24) is 15.2 Å². The van der Waals surface area contributed by atoms with Crippen LogP contribution in [0, 0.1) is 0 Å². The molecule has 27 heavy (non-hydrogen) atoms. The van der Waals surface area contributed by atoms with E-state index in [-0.39, 0.29) is 24.5 Å². The number of halogens is 3. The third-order valence-corrected chi connectivity index (χ3v) is 4.35. The molecule has 1 fully saturated rings. The highest BCUT2D eigenvalue weighted by Crippen LogP contribution is 2.31. The first-order chi connectivity index (χ1) is 12.9. The van der Waals surface area contributed by atoms with E-state index < -0.39 is 12.8 Å². The van der Waals surface area contributed by atoms with E-state index in [1.165, 1.54) is 6.20 Å². The molecule has 1 aromatic heterocycles. The summed E-state index contributed by atoms with van der Waals surface area (Å²) in [6.07, 6.45) is -1.32. The Morgan fingerprint density at radius 1 is 1.22 bits per heavy atom. The van der Waals surface area contributed by atoms with Gasteiger partial charge in [-0.05, 0) is 24.5 Å². The first kappa shape index (κ1) is 19.0. The molecule has 1 aliphatic heterocycles. The maximum absolute atomic E-state index is 12.6. The Labute approximate surface area is 155 Å². The normalized spacial score (nSPS) is 17.0. The Morgan fingerprint density at radius 2 is 2.00 bits per heavy atom. The number of alkyl halides is 3. The summed E-state index contributed by atoms with van der Waals surface area (Å²) < 4.78 is 41.8. The van der Waals surface area contributed by atoms with Gasteiger partial charge >= 0.3 is 12.2 Å². The second-order valence-electron chi connectivity index (χ2n) is 6.29. The number of hydrogen-bond donors (Lipinski definition) is 1. The molecule has 0 radical (unpaired) electrons. The summed E-state index contributed by atoms with van der Waals surface area (Å²) in [6, 6.07) is 12.7. The van der Waals surface area contributed by atoms with Gasteiger partial charge in [-0.25, -0.2) is 9.78 Å². The quantitative estimate of drug-likeness (QED) is 0.852. The molecule has 0 aliphatic carbocycles. The van der Waals surface area contributed by atoms with Gasteiger partial charge in [0.15, 0.2) is 6.61 Å². The fourth-order valence-corrected chi connectivity index (χ4v) is 3.14. The molecule has 2 aromatic rings. The summed E-state index contributed by atoms with van der Waals surface area (Å²) >= 11 is 0. The van der Waals surface area contributed by atoms with Crippen LogP contribution in [-0.2, 0) is 6.54 Å². The van der Waals surface area contributed by atoms with Gasteiger partial charge in [-0.1, -0.05) is 36.4 Å². The molecular formula is C19H20F3N3O2. The number of aromatic nitrogens is 1. The highest BCUT2D eigenvalue weighted by atomic mass is 19.4. The van der Waals surface area contributed by atoms with Crippen LogP contribution < -0.4 is 10.1 Å². The lowest BCUT2D eigenvalue weighted by Gasteiger charge is -2.25. The Kier molecular flexibility index (Phi) is 5.83. The van der Waals surface area contributed by atoms with Crippen molar-refractivity contribution < 1.29 is 22.7 Å². The van der Waals surface area contributed by atoms with Crippen molar-refractivity contribution >= 4 is 6.03 Å². The number of nitrogens with zero attached hydrogens (tertiary/aromatic N) is 2. The highest BCUT2D eigenvalue weighted by Gasteiger charge is 2.31. The van der Waals surface area contributed by atoms with Crippen LogP contribution in [0.5, 0.6) is 5.88 Å². The maximum atomic E-state index is 12.6. The van der Waals surface area contributed by atoms with Crippen LogP contribution in [-0.4, -0.2) is 35.2 Å². The van der Waals surface area contributed by atoms with Gasteiger partial charge in [0.05, 0.1) is 6.04 Å². The summed E-state index contributed by atoms with van der Waals surface area (Å²) in [6.45, 7) is -0.749. The predicted octanol–water partition coefficient (Wildman–Crippen LogP) is 4.07. The SMILES string of the molecule is O=C(NCc1cccnc1OCC(F)(F)F)N1CCC[C@H]1c1ccccc1. The minimum atomic E-state index is -4.45. The predicted molar refractivity (Wildman–Crippen MR) is 93.1 cm³/mol. The Hall–Kier alpha value is -2.77. The van der Waals surface area contributed by atoms with E-state index in [2.05, 4.69) is 10.3 Å². The van der Waals surface area contributed by atoms with Gasteiger partial charge in [0.25, 0.3) is 0 Å². The lowest BCUT2D eigenvalue weighted by Crippen LogP contribution is -2.39. The Morgan fingerprint density at radius 3 is 2.74 bits per heavy atom. The standard InChI is InChI=1S/C19H20F3N3O2/c20-19(21,22)13-27-17-15(8-4-10-23-17)12-24-18(26)25-11-5-9-16(25)14-6-2-1-3-7-14/h1-4,6-8,10,16H,5,9,11-13H2,(H,24,26)/t16-/m0/s1. The van der Waals surface area contributed by atoms with Gasteiger partial charge < -0.3 is 15.0 Å². The molecule has 0 saturated carbocycles. The summed E-state index contributed by atoms with van der Waals surface area (Å²) in [7, 11) is 0. The van der Waals surface area contributed by atoms with Crippen LogP contribution in [0.1, 0.15) is 30.0 Å². The second-order valence-corrected chi connectivity index (χ2v) is 6.29. The zero-order valence-corrected chi connectivity index (χ0v) is 14.6. The second kappa shape index (κ2) is 8.28. The zero-order valence-electron chi connectivity index (χ0n) is 14.6. The van der Waals surface area contributed by atoms with Crippen LogP contribution in [0.15, 0.2) is 48.7 Å². The fraction of sp³-hybridized carbons (Fsp3) is 0.368. The van der Waals surface area contributed by atoms with E-state index >= 15 is 0 Å². The number of nitrogens with one attached hydrogen (secondary N) is 1. The van der Waals surface area contributed by atoms with Crippen LogP contribution in [0.4, 0.5) is 18.0 Å². The van der Waals surface area contributed by atoms with E-state index in [9.17, 15) is 18.0 Å². The molecule has 5 nitrogen and oxygen atoms in total. The summed E-state index contributed by atoms with van der Waals surface area (Å²) in [5, 5.41) is 2.76. The molecule has 1 N–H and O–H groups in total. The van der Waals surface area contributed by atoms with Gasteiger partial charge in [-0.15, -0.1) is 0 Å². The maximum Gasteiger partial charge on any atom is 0.422 e. The molecule has 8 heteroatoms. The van der Waals surface area contributed by atoms with Gasteiger partial charge in [0.2, 0.25) is 5.88 Å². The number of benzene rings is 1. The topological polar surface area (TPSA) is 54.5 Å². The van der Waals surface area contributed by atoms with Crippen molar-refractivity contribution in [3.05, 3.63) is 59.8 Å². The summed E-state index contributed by atoms with van der Waals surface area (Å²) in [5.74, 6) is -0.129. The van der Waals surface area contributed by atoms with E-state index in [0.29, 0.717) is 12.1 Å². The molecule has 1 aromatic carbocycles. The Bertz CT molecular complexity index is 768. The number of rotatable bonds is 5. The molecule has 0 spiro atoms. The number of pyridine rings is 1. The molecule has 0 bridgehead atoms. The molecule has 1 atom stereocenters. The molecule has 2 amide bonds. The van der Waals surface area contributed by atoms with Crippen LogP contribution >= 0.6 is 0 Å². The fourth-order valence-electron chi connectivity index (χ4n) is 3.14. The summed E-state index contributed by atoms with van der Waals surface area (Å²) in [5.41, 5.74) is 1.46. The first-order valence-corrected chi connectivity index (χ1v) is 8.67. The van der Waals surface area contributed by atoms with Crippen molar-refractivity contribution in [2.45, 2.75) is 31.6 Å². The van der Waals surface area contributed by atoms with Crippen LogP contribution in [0.3, 0.4) is 0 Å². The van der Waals surface area contributed by atoms with E-state index in [1.54, 1.807) is 17.0 Å². The smallest absolute Gasteiger partial charge is 0.422 e. The van der Waals surface area contributed by atoms with Crippen LogP contribution in [0.25, 0.3) is 0 Å². The van der Waals surface area contributed by atoms with Gasteiger partial charge in [0, 0.05) is 24.8 Å². The minimum absolute atomic E-state index is 0.000971. The number of hydrogen-bond acceptors (Lipinski definition) is 3. The van der Waals surface area contributed by atoms with E-state index in [1.807, 2.05) is 30.3 Å². The molecule has 2 heterocycles. The highest BCUT2D eigenvalue weighted by molar-refractivity contribution is 5.75. The third-order valence-electron chi connectivity index (χ3n) is 4.35. The van der Waals surface area contributed by atoms with Crippen LogP contribution in [0.2, 0.25) is 0 Å². The van der Waals surface area contributed by atoms with Crippen molar-refractivity contribution in [3.63, 3.8) is 0 Å². The van der Waals surface area contributed by atoms with Crippen molar-refractivity contribution in [1.29, 1.82) is 0 Å².